The minimum atomic E-state index is 0.0616. The van der Waals surface area contributed by atoms with Crippen molar-refractivity contribution < 1.29 is 0 Å². The number of hydrogen-bond donors (Lipinski definition) is 0. The number of nitrogens with zero attached hydrogens (tertiary/aromatic N) is 8. The fourth-order valence-corrected chi connectivity index (χ4v) is 13.4. The molecule has 3 aromatic heterocycles. The Morgan fingerprint density at radius 2 is 0.753 bits per heavy atom. The fourth-order valence-electron chi connectivity index (χ4n) is 13.4. The van der Waals surface area contributed by atoms with Gasteiger partial charge in [-0.15, -0.1) is 0 Å². The zero-order valence-corrected chi connectivity index (χ0v) is 48.5. The average molecular weight is 1140 g/mol. The summed E-state index contributed by atoms with van der Waals surface area (Å²) in [5.41, 5.74) is 24.3. The van der Waals surface area contributed by atoms with Crippen LogP contribution in [0.3, 0.4) is 0 Å². The Bertz CT molecular complexity index is 5170. The van der Waals surface area contributed by atoms with Crippen LogP contribution in [0.15, 0.2) is 303 Å². The van der Waals surface area contributed by atoms with Crippen LogP contribution in [0.25, 0.3) is 107 Å². The summed E-state index contributed by atoms with van der Waals surface area (Å²) in [6.45, 7) is 2.21. The van der Waals surface area contributed by atoms with Crippen LogP contribution in [0.1, 0.15) is 5.56 Å². The van der Waals surface area contributed by atoms with Crippen LogP contribution >= 0.6 is 0 Å². The summed E-state index contributed by atoms with van der Waals surface area (Å²) in [6, 6.07) is 108. The summed E-state index contributed by atoms with van der Waals surface area (Å²) in [5.74, 6) is 2.22. The van der Waals surface area contributed by atoms with E-state index in [-0.39, 0.29) is 6.71 Å². The number of anilines is 6. The van der Waals surface area contributed by atoms with Crippen LogP contribution in [0.2, 0.25) is 0 Å². The predicted molar refractivity (Wildman–Crippen MR) is 367 cm³/mol. The molecule has 5 heterocycles. The Labute approximate surface area is 516 Å². The molecule has 15 aromatic rings. The summed E-state index contributed by atoms with van der Waals surface area (Å²) >= 11 is 0. The van der Waals surface area contributed by atoms with Crippen LogP contribution in [-0.4, -0.2) is 36.2 Å². The Morgan fingerprint density at radius 3 is 1.42 bits per heavy atom. The lowest BCUT2D eigenvalue weighted by atomic mass is 9.33. The van der Waals surface area contributed by atoms with Crippen molar-refractivity contribution in [1.29, 1.82) is 0 Å². The van der Waals surface area contributed by atoms with E-state index < -0.39 is 0 Å². The molecule has 0 bridgehead atoms. The summed E-state index contributed by atoms with van der Waals surface area (Å²) in [4.78, 5) is 31.7. The van der Waals surface area contributed by atoms with E-state index in [1.165, 1.54) is 50.1 Å². The number of fused-ring (bicyclic) bond motifs is 7. The van der Waals surface area contributed by atoms with Crippen molar-refractivity contribution in [2.45, 2.75) is 6.92 Å². The summed E-state index contributed by atoms with van der Waals surface area (Å²) < 4.78 is 2.35. The monoisotopic (exact) mass is 1140 g/mol. The van der Waals surface area contributed by atoms with Crippen molar-refractivity contribution in [2.75, 3.05) is 9.80 Å². The number of aryl methyl sites for hydroxylation is 1. The Kier molecular flexibility index (Phi) is 12.4. The lowest BCUT2D eigenvalue weighted by molar-refractivity contribution is 1.06. The van der Waals surface area contributed by atoms with Crippen molar-refractivity contribution in [2.24, 2.45) is 0 Å². The number of aromatic nitrogens is 6. The molecule has 0 aliphatic carbocycles. The zero-order chi connectivity index (χ0) is 58.9. The minimum absolute atomic E-state index is 0.0616. The fraction of sp³-hybridized carbons (Fsp3) is 0.0125. The normalized spacial score (nSPS) is 12.3. The number of benzene rings is 12. The van der Waals surface area contributed by atoms with E-state index in [9.17, 15) is 0 Å². The highest BCUT2D eigenvalue weighted by Crippen LogP contribution is 2.45. The van der Waals surface area contributed by atoms with Gasteiger partial charge in [-0.05, 0) is 125 Å². The van der Waals surface area contributed by atoms with Crippen molar-refractivity contribution >= 4 is 79.0 Å². The second-order valence-corrected chi connectivity index (χ2v) is 22.9. The van der Waals surface area contributed by atoms with Crippen molar-refractivity contribution in [3.63, 3.8) is 0 Å². The van der Waals surface area contributed by atoms with Gasteiger partial charge in [-0.2, -0.15) is 0 Å². The lowest BCUT2D eigenvalue weighted by Crippen LogP contribution is -2.61. The maximum atomic E-state index is 5.51. The quantitative estimate of drug-likeness (QED) is 0.126. The van der Waals surface area contributed by atoms with Crippen LogP contribution < -0.4 is 26.2 Å². The molecule has 0 spiro atoms. The third kappa shape index (κ3) is 8.89. The highest BCUT2D eigenvalue weighted by atomic mass is 15.2. The molecular weight excluding hydrogens is 1080 g/mol. The van der Waals surface area contributed by atoms with Gasteiger partial charge in [0.2, 0.25) is 0 Å². The molecule has 2 aliphatic heterocycles. The topological polar surface area (TPSA) is 75.9 Å². The van der Waals surface area contributed by atoms with Crippen LogP contribution in [0.4, 0.5) is 34.1 Å². The number of rotatable bonds is 10. The molecule has 9 heteroatoms. The van der Waals surface area contributed by atoms with Crippen molar-refractivity contribution in [3.8, 4) is 84.9 Å². The first-order valence-electron chi connectivity index (χ1n) is 30.2. The van der Waals surface area contributed by atoms with Crippen molar-refractivity contribution in [1.82, 2.24) is 29.5 Å². The second kappa shape index (κ2) is 21.3. The van der Waals surface area contributed by atoms with Gasteiger partial charge < -0.3 is 14.4 Å². The molecule has 0 saturated carbocycles. The van der Waals surface area contributed by atoms with Gasteiger partial charge in [0.15, 0.2) is 23.3 Å². The maximum absolute atomic E-state index is 5.51. The van der Waals surface area contributed by atoms with Gasteiger partial charge in [-0.25, -0.2) is 24.9 Å². The summed E-state index contributed by atoms with van der Waals surface area (Å²) in [7, 11) is 0. The molecule has 0 saturated heterocycles. The highest BCUT2D eigenvalue weighted by Gasteiger charge is 2.43. The first-order chi connectivity index (χ1) is 44.0. The molecule has 89 heavy (non-hydrogen) atoms. The molecule has 0 N–H and O–H groups in total. The van der Waals surface area contributed by atoms with Crippen molar-refractivity contribution in [3.05, 3.63) is 309 Å². The first kappa shape index (κ1) is 51.6. The third-order valence-electron chi connectivity index (χ3n) is 17.5. The molecule has 0 amide bonds. The van der Waals surface area contributed by atoms with E-state index in [1.807, 2.05) is 54.6 Å². The predicted octanol–water partition coefficient (Wildman–Crippen LogP) is 17.8. The molecule has 0 fully saturated rings. The van der Waals surface area contributed by atoms with E-state index in [0.29, 0.717) is 23.3 Å². The largest absolute Gasteiger partial charge is 0.311 e. The van der Waals surface area contributed by atoms with Gasteiger partial charge in [0, 0.05) is 78.3 Å². The lowest BCUT2D eigenvalue weighted by Gasteiger charge is -2.44. The first-order valence-corrected chi connectivity index (χ1v) is 30.2. The molecule has 0 radical (unpaired) electrons. The molecule has 416 valence electrons. The molecule has 2 aliphatic rings. The van der Waals surface area contributed by atoms with E-state index in [0.717, 1.165) is 89.4 Å². The van der Waals surface area contributed by atoms with Gasteiger partial charge in [-0.3, -0.25) is 0 Å². The van der Waals surface area contributed by atoms with Crippen LogP contribution in [-0.2, 0) is 0 Å². The van der Waals surface area contributed by atoms with Crippen LogP contribution in [0.5, 0.6) is 0 Å². The third-order valence-corrected chi connectivity index (χ3v) is 17.5. The Balaban J connectivity index is 0.805. The molecule has 0 atom stereocenters. The van der Waals surface area contributed by atoms with Crippen LogP contribution in [0, 0.1) is 6.92 Å². The van der Waals surface area contributed by atoms with Gasteiger partial charge in [-0.1, -0.05) is 218 Å². The van der Waals surface area contributed by atoms with Gasteiger partial charge in [0.25, 0.3) is 6.71 Å². The SMILES string of the molecule is Cc1ccc2c(c1)c1ccccc1n2-c1ccc(-c2nc(-c3ccccc3)cc(-c3ccccc3)n2)cc1-c1nc(-c2ccccc2)nc(-c2ccc(-c3cccc(N4c5ccccc5B5c6ccccc6N(c6ccccc6)c6cccc4c65)c3)cc2)n1. The molecular formula is C80H53BN8. The van der Waals surface area contributed by atoms with E-state index >= 15 is 0 Å². The summed E-state index contributed by atoms with van der Waals surface area (Å²) in [5, 5.41) is 2.33. The van der Waals surface area contributed by atoms with E-state index in [2.05, 4.69) is 270 Å². The number of hydrogen-bond acceptors (Lipinski definition) is 7. The summed E-state index contributed by atoms with van der Waals surface area (Å²) in [6.07, 6.45) is 0. The van der Waals surface area contributed by atoms with E-state index in [4.69, 9.17) is 24.9 Å². The van der Waals surface area contributed by atoms with Gasteiger partial charge in [0.1, 0.15) is 0 Å². The maximum Gasteiger partial charge on any atom is 0.252 e. The zero-order valence-electron chi connectivity index (χ0n) is 48.5. The molecule has 0 unspecified atom stereocenters. The van der Waals surface area contributed by atoms with E-state index in [1.54, 1.807) is 0 Å². The standard InChI is InChI=1S/C80H53BN8/c1-52-40-46-70-63(48-52)62-32-14-17-35-69(62)89(70)71-47-45-59(79-82-67(54-22-6-2-7-23-54)51-68(83-79)55-24-8-3-9-25-55)50-64(71)80-85-77(56-26-10-4-11-27-56)84-78(86-80)57-43-41-53(42-44-57)58-28-20-31-61(49-58)88-73-37-19-16-34-66(73)81-65-33-15-18-36-72(65)87(60-29-12-5-13-30-60)74-38-21-39-75(88)76(74)81/h2-51H,1H3. The van der Waals surface area contributed by atoms with Gasteiger partial charge in [0.05, 0.1) is 28.1 Å². The smallest absolute Gasteiger partial charge is 0.252 e. The molecule has 12 aromatic carbocycles. The molecule has 17 rings (SSSR count). The Morgan fingerprint density at radius 1 is 0.281 bits per heavy atom. The minimum Gasteiger partial charge on any atom is -0.311 e. The Hall–Kier alpha value is -11.8. The average Bonchev–Trinajstić information content (AvgIpc) is 1.22. The molecule has 8 nitrogen and oxygen atoms in total. The second-order valence-electron chi connectivity index (χ2n) is 22.9. The highest BCUT2D eigenvalue weighted by molar-refractivity contribution is 7.00. The van der Waals surface area contributed by atoms with Gasteiger partial charge >= 0.3 is 0 Å². The number of para-hydroxylation sites is 4.